The SMILES string of the molecule is COc1cccc2c1C(=O)c1c(O)c3c(c(O)c1C2=O)CC(O)(C(O)CO)CC3O[C@H]1C[C@H](N)[C@H](O)[C@H](C)O1.Cl. The first-order valence-electron chi connectivity index (χ1n) is 12.6. The molecule has 1 saturated heterocycles. The fourth-order valence-corrected chi connectivity index (χ4v) is 5.84. The molecule has 218 valence electrons. The number of hydrogen-bond acceptors (Lipinski definition) is 12. The number of aliphatic hydroxyl groups excluding tert-OH is 3. The third kappa shape index (κ3) is 4.54. The smallest absolute Gasteiger partial charge is 0.202 e. The first kappa shape index (κ1) is 30.2. The molecule has 40 heavy (non-hydrogen) atoms. The fraction of sp³-hybridized carbons (Fsp3) is 0.481. The van der Waals surface area contributed by atoms with Gasteiger partial charge < -0.3 is 50.6 Å². The van der Waals surface area contributed by atoms with E-state index in [1.807, 2.05) is 0 Å². The maximum Gasteiger partial charge on any atom is 0.202 e. The number of aliphatic hydroxyl groups is 4. The zero-order valence-corrected chi connectivity index (χ0v) is 22.6. The quantitative estimate of drug-likeness (QED) is 0.202. The van der Waals surface area contributed by atoms with Crippen LogP contribution in [-0.4, -0.2) is 92.2 Å². The molecule has 3 aliphatic rings. The summed E-state index contributed by atoms with van der Waals surface area (Å²) in [5.41, 5.74) is 2.77. The van der Waals surface area contributed by atoms with E-state index in [1.54, 1.807) is 6.92 Å². The predicted octanol–water partition coefficient (Wildman–Crippen LogP) is 0.215. The zero-order chi connectivity index (χ0) is 28.4. The molecule has 2 aromatic carbocycles. The average Bonchev–Trinajstić information content (AvgIpc) is 2.90. The number of halogens is 1. The highest BCUT2D eigenvalue weighted by Crippen LogP contribution is 2.52. The second-order valence-corrected chi connectivity index (χ2v) is 10.3. The molecule has 12 nitrogen and oxygen atoms in total. The molecule has 0 amide bonds. The van der Waals surface area contributed by atoms with E-state index in [-0.39, 0.29) is 53.3 Å². The van der Waals surface area contributed by atoms with Crippen LogP contribution in [-0.2, 0) is 15.9 Å². The average molecular weight is 582 g/mol. The van der Waals surface area contributed by atoms with Crippen LogP contribution in [0.25, 0.3) is 0 Å². The van der Waals surface area contributed by atoms with Gasteiger partial charge in [0.05, 0.1) is 54.3 Å². The van der Waals surface area contributed by atoms with Gasteiger partial charge in [-0.2, -0.15) is 0 Å². The molecule has 1 aliphatic heterocycles. The molecular weight excluding hydrogens is 550 g/mol. The molecule has 0 bridgehead atoms. The molecule has 2 aromatic rings. The Kier molecular flexibility index (Phi) is 8.20. The Labute approximate surface area is 235 Å². The molecule has 3 unspecified atom stereocenters. The van der Waals surface area contributed by atoms with Crippen molar-refractivity contribution in [2.24, 2.45) is 5.73 Å². The monoisotopic (exact) mass is 581 g/mol. The van der Waals surface area contributed by atoms with Gasteiger partial charge in [-0.15, -0.1) is 12.4 Å². The summed E-state index contributed by atoms with van der Waals surface area (Å²) < 4.78 is 17.1. The van der Waals surface area contributed by atoms with Gasteiger partial charge in [0, 0.05) is 42.0 Å². The summed E-state index contributed by atoms with van der Waals surface area (Å²) >= 11 is 0. The molecule has 1 fully saturated rings. The molecule has 0 aromatic heterocycles. The molecule has 0 saturated carbocycles. The standard InChI is InChI=1S/C27H31NO11.ClH/c1-10-22(31)13(28)6-17(38-10)39-15-8-27(36,16(30)9-29)7-12-19(15)26(35)21-20(24(12)33)23(32)11-4-3-5-14(37-2)18(11)25(21)34;/h3-5,10,13,15-17,22,29-31,33,35-36H,6-9,28H2,1-2H3;1H/t10-,13-,15?,16?,17-,22+,27?;/m0./s1. The van der Waals surface area contributed by atoms with Crippen molar-refractivity contribution in [2.45, 2.75) is 68.5 Å². The third-order valence-electron chi connectivity index (χ3n) is 7.97. The normalized spacial score (nSPS) is 30.0. The Morgan fingerprint density at radius 2 is 1.82 bits per heavy atom. The fourth-order valence-electron chi connectivity index (χ4n) is 5.84. The summed E-state index contributed by atoms with van der Waals surface area (Å²) in [6.07, 6.45) is -6.45. The molecule has 0 spiro atoms. The Morgan fingerprint density at radius 1 is 1.15 bits per heavy atom. The Balaban J connectivity index is 0.00000370. The molecule has 7 atom stereocenters. The Morgan fingerprint density at radius 3 is 2.45 bits per heavy atom. The first-order valence-corrected chi connectivity index (χ1v) is 12.6. The van der Waals surface area contributed by atoms with Gasteiger partial charge >= 0.3 is 0 Å². The van der Waals surface area contributed by atoms with E-state index >= 15 is 0 Å². The molecule has 5 rings (SSSR count). The van der Waals surface area contributed by atoms with Crippen LogP contribution < -0.4 is 10.5 Å². The maximum atomic E-state index is 13.7. The van der Waals surface area contributed by atoms with Gasteiger partial charge in [-0.3, -0.25) is 9.59 Å². The van der Waals surface area contributed by atoms with Crippen molar-refractivity contribution in [1.82, 2.24) is 0 Å². The van der Waals surface area contributed by atoms with Crippen molar-refractivity contribution in [3.63, 3.8) is 0 Å². The topological polar surface area (TPSA) is 209 Å². The second kappa shape index (κ2) is 10.9. The number of carbonyl (C=O) groups is 2. The van der Waals surface area contributed by atoms with Gasteiger partial charge in [0.25, 0.3) is 0 Å². The number of phenols is 2. The minimum Gasteiger partial charge on any atom is -0.507 e. The number of phenolic OH excluding ortho intramolecular Hbond substituents is 2. The van der Waals surface area contributed by atoms with Gasteiger partial charge in [-0.05, 0) is 13.0 Å². The van der Waals surface area contributed by atoms with E-state index in [4.69, 9.17) is 19.9 Å². The van der Waals surface area contributed by atoms with Crippen LogP contribution in [0.2, 0.25) is 0 Å². The van der Waals surface area contributed by atoms with Crippen molar-refractivity contribution in [2.75, 3.05) is 13.7 Å². The molecule has 1 heterocycles. The number of rotatable bonds is 5. The highest BCUT2D eigenvalue weighted by atomic mass is 35.5. The van der Waals surface area contributed by atoms with Crippen LogP contribution >= 0.6 is 12.4 Å². The summed E-state index contributed by atoms with van der Waals surface area (Å²) in [7, 11) is 1.33. The lowest BCUT2D eigenvalue weighted by atomic mass is 9.71. The second-order valence-electron chi connectivity index (χ2n) is 10.3. The molecule has 2 aliphatic carbocycles. The maximum absolute atomic E-state index is 13.7. The van der Waals surface area contributed by atoms with E-state index in [1.165, 1.54) is 25.3 Å². The van der Waals surface area contributed by atoms with Crippen molar-refractivity contribution in [3.8, 4) is 17.2 Å². The summed E-state index contributed by atoms with van der Waals surface area (Å²) in [5, 5.41) is 64.4. The van der Waals surface area contributed by atoms with Crippen LogP contribution in [0.1, 0.15) is 68.8 Å². The number of carbonyl (C=O) groups excluding carboxylic acids is 2. The van der Waals surface area contributed by atoms with Gasteiger partial charge in [0.1, 0.15) is 23.4 Å². The summed E-state index contributed by atoms with van der Waals surface area (Å²) in [6.45, 7) is 0.768. The van der Waals surface area contributed by atoms with Gasteiger partial charge in [0.2, 0.25) is 5.78 Å². The summed E-state index contributed by atoms with van der Waals surface area (Å²) in [5.74, 6) is -2.68. The van der Waals surface area contributed by atoms with Crippen LogP contribution in [0.15, 0.2) is 18.2 Å². The number of ether oxygens (including phenoxy) is 3. The Bertz CT molecular complexity index is 1340. The first-order chi connectivity index (χ1) is 18.4. The van der Waals surface area contributed by atoms with E-state index in [9.17, 15) is 40.2 Å². The predicted molar refractivity (Wildman–Crippen MR) is 140 cm³/mol. The van der Waals surface area contributed by atoms with Crippen LogP contribution in [0, 0.1) is 0 Å². The van der Waals surface area contributed by atoms with Crippen LogP contribution in [0.3, 0.4) is 0 Å². The molecule has 8 N–H and O–H groups in total. The van der Waals surface area contributed by atoms with Gasteiger partial charge in [-0.1, -0.05) is 12.1 Å². The molecule has 13 heteroatoms. The summed E-state index contributed by atoms with van der Waals surface area (Å²) in [4.78, 5) is 27.2. The number of nitrogens with two attached hydrogens (primary N) is 1. The number of ketones is 2. The number of aromatic hydroxyl groups is 2. The van der Waals surface area contributed by atoms with Crippen LogP contribution in [0.4, 0.5) is 0 Å². The minimum atomic E-state index is -2.05. The number of benzene rings is 2. The lowest BCUT2D eigenvalue weighted by molar-refractivity contribution is -0.251. The number of methoxy groups -OCH3 is 1. The van der Waals surface area contributed by atoms with Gasteiger partial charge in [0.15, 0.2) is 12.1 Å². The highest BCUT2D eigenvalue weighted by Gasteiger charge is 2.50. The zero-order valence-electron chi connectivity index (χ0n) is 21.7. The van der Waals surface area contributed by atoms with E-state index in [0.717, 1.165) is 0 Å². The molecule has 0 radical (unpaired) electrons. The van der Waals surface area contributed by atoms with Crippen molar-refractivity contribution < 1.29 is 54.4 Å². The van der Waals surface area contributed by atoms with E-state index in [2.05, 4.69) is 0 Å². The Hall–Kier alpha value is -2.81. The molecular formula is C27H32ClNO11. The lowest BCUT2D eigenvalue weighted by Gasteiger charge is -2.44. The highest BCUT2D eigenvalue weighted by molar-refractivity contribution is 6.31. The van der Waals surface area contributed by atoms with Gasteiger partial charge in [-0.25, -0.2) is 0 Å². The minimum absolute atomic E-state index is 0. The number of hydrogen-bond donors (Lipinski definition) is 7. The van der Waals surface area contributed by atoms with Crippen molar-refractivity contribution in [1.29, 1.82) is 0 Å². The van der Waals surface area contributed by atoms with E-state index in [0.29, 0.717) is 0 Å². The van der Waals surface area contributed by atoms with Crippen molar-refractivity contribution >= 4 is 24.0 Å². The van der Waals surface area contributed by atoms with E-state index < -0.39 is 89.6 Å². The van der Waals surface area contributed by atoms with Crippen LogP contribution in [0.5, 0.6) is 17.2 Å². The third-order valence-corrected chi connectivity index (χ3v) is 7.97. The summed E-state index contributed by atoms with van der Waals surface area (Å²) in [6, 6.07) is 3.69. The number of fused-ring (bicyclic) bond motifs is 3. The van der Waals surface area contributed by atoms with Crippen molar-refractivity contribution in [3.05, 3.63) is 51.6 Å². The lowest BCUT2D eigenvalue weighted by Crippen LogP contribution is -2.53. The largest absolute Gasteiger partial charge is 0.507 e.